The second kappa shape index (κ2) is 6.44. The number of nitrogens with one attached hydrogen (secondary N) is 1. The Hall–Kier alpha value is -1.61. The van der Waals surface area contributed by atoms with E-state index in [2.05, 4.69) is 41.7 Å². The highest BCUT2D eigenvalue weighted by Gasteiger charge is 2.21. The van der Waals surface area contributed by atoms with Crippen molar-refractivity contribution < 1.29 is 4.74 Å². The van der Waals surface area contributed by atoms with Gasteiger partial charge in [0.15, 0.2) is 0 Å². The summed E-state index contributed by atoms with van der Waals surface area (Å²) in [5.74, 6) is 0.929. The first-order valence-electron chi connectivity index (χ1n) is 7.46. The van der Waals surface area contributed by atoms with Crippen molar-refractivity contribution in [1.29, 1.82) is 0 Å². The quantitative estimate of drug-likeness (QED) is 0.871. The third-order valence-electron chi connectivity index (χ3n) is 3.47. The van der Waals surface area contributed by atoms with Crippen LogP contribution < -0.4 is 10.1 Å². The lowest BCUT2D eigenvalue weighted by Gasteiger charge is -2.13. The molecule has 3 heteroatoms. The van der Waals surface area contributed by atoms with E-state index in [-0.39, 0.29) is 6.10 Å². The SMILES string of the molecule is CC(C)Oc1ccc(NCC2Cc3ccccc3S2)cc1. The molecular formula is C18H21NOS. The Balaban J connectivity index is 1.52. The van der Waals surface area contributed by atoms with E-state index >= 15 is 0 Å². The Labute approximate surface area is 130 Å². The lowest BCUT2D eigenvalue weighted by Crippen LogP contribution is -2.15. The Bertz CT molecular complexity index is 569. The zero-order chi connectivity index (χ0) is 14.7. The molecule has 0 spiro atoms. The van der Waals surface area contributed by atoms with Gasteiger partial charge in [-0.1, -0.05) is 18.2 Å². The smallest absolute Gasteiger partial charge is 0.119 e. The van der Waals surface area contributed by atoms with Gasteiger partial charge in [-0.25, -0.2) is 0 Å². The fourth-order valence-corrected chi connectivity index (χ4v) is 3.77. The minimum atomic E-state index is 0.220. The summed E-state index contributed by atoms with van der Waals surface area (Å²) in [6.07, 6.45) is 1.37. The molecule has 3 rings (SSSR count). The number of hydrogen-bond donors (Lipinski definition) is 1. The van der Waals surface area contributed by atoms with Gasteiger partial charge in [-0.3, -0.25) is 0 Å². The van der Waals surface area contributed by atoms with E-state index in [4.69, 9.17) is 4.74 Å². The minimum Gasteiger partial charge on any atom is -0.491 e. The first kappa shape index (κ1) is 14.3. The lowest BCUT2D eigenvalue weighted by molar-refractivity contribution is 0.242. The van der Waals surface area contributed by atoms with Gasteiger partial charge in [-0.2, -0.15) is 0 Å². The van der Waals surface area contributed by atoms with E-state index < -0.39 is 0 Å². The number of hydrogen-bond acceptors (Lipinski definition) is 3. The van der Waals surface area contributed by atoms with Crippen LogP contribution in [0.5, 0.6) is 5.75 Å². The molecule has 0 radical (unpaired) electrons. The summed E-state index contributed by atoms with van der Waals surface area (Å²) in [4.78, 5) is 1.44. The van der Waals surface area contributed by atoms with Gasteiger partial charge >= 0.3 is 0 Å². The van der Waals surface area contributed by atoms with Crippen LogP contribution in [0.25, 0.3) is 0 Å². The van der Waals surface area contributed by atoms with E-state index in [1.807, 2.05) is 37.7 Å². The molecule has 0 aliphatic carbocycles. The fourth-order valence-electron chi connectivity index (χ4n) is 2.52. The van der Waals surface area contributed by atoms with Crippen molar-refractivity contribution in [3.8, 4) is 5.75 Å². The molecule has 21 heavy (non-hydrogen) atoms. The van der Waals surface area contributed by atoms with Crippen LogP contribution in [0.2, 0.25) is 0 Å². The van der Waals surface area contributed by atoms with E-state index in [1.54, 1.807) is 0 Å². The summed E-state index contributed by atoms with van der Waals surface area (Å²) in [5.41, 5.74) is 2.64. The van der Waals surface area contributed by atoms with Crippen LogP contribution in [0.4, 0.5) is 5.69 Å². The molecule has 2 nitrogen and oxygen atoms in total. The molecule has 1 aliphatic rings. The highest BCUT2D eigenvalue weighted by molar-refractivity contribution is 8.00. The zero-order valence-corrected chi connectivity index (χ0v) is 13.3. The second-order valence-corrected chi connectivity index (χ2v) is 6.97. The molecule has 0 amide bonds. The molecule has 0 saturated carbocycles. The number of benzene rings is 2. The maximum Gasteiger partial charge on any atom is 0.119 e. The van der Waals surface area contributed by atoms with Crippen LogP contribution in [0.1, 0.15) is 19.4 Å². The number of thioether (sulfide) groups is 1. The van der Waals surface area contributed by atoms with Crippen LogP contribution in [0.3, 0.4) is 0 Å². The third-order valence-corrected chi connectivity index (χ3v) is 4.79. The van der Waals surface area contributed by atoms with Crippen molar-refractivity contribution in [3.63, 3.8) is 0 Å². The Kier molecular flexibility index (Phi) is 4.39. The van der Waals surface area contributed by atoms with Crippen molar-refractivity contribution in [2.75, 3.05) is 11.9 Å². The van der Waals surface area contributed by atoms with Gasteiger partial charge in [-0.15, -0.1) is 11.8 Å². The molecule has 0 aromatic heterocycles. The maximum absolute atomic E-state index is 5.66. The van der Waals surface area contributed by atoms with Gasteiger partial charge in [0.2, 0.25) is 0 Å². The highest BCUT2D eigenvalue weighted by atomic mass is 32.2. The van der Waals surface area contributed by atoms with Crippen molar-refractivity contribution in [1.82, 2.24) is 0 Å². The summed E-state index contributed by atoms with van der Waals surface area (Å²) in [5, 5.41) is 4.15. The zero-order valence-electron chi connectivity index (χ0n) is 12.5. The summed E-state index contributed by atoms with van der Waals surface area (Å²) in [7, 11) is 0. The van der Waals surface area contributed by atoms with Crippen LogP contribution in [0.15, 0.2) is 53.4 Å². The van der Waals surface area contributed by atoms with Gasteiger partial charge in [0.05, 0.1) is 6.10 Å². The van der Waals surface area contributed by atoms with Gasteiger partial charge < -0.3 is 10.1 Å². The van der Waals surface area contributed by atoms with Crippen LogP contribution in [-0.4, -0.2) is 17.9 Å². The largest absolute Gasteiger partial charge is 0.491 e. The van der Waals surface area contributed by atoms with Crippen molar-refractivity contribution in [3.05, 3.63) is 54.1 Å². The monoisotopic (exact) mass is 299 g/mol. The van der Waals surface area contributed by atoms with E-state index in [9.17, 15) is 0 Å². The minimum absolute atomic E-state index is 0.220. The lowest BCUT2D eigenvalue weighted by atomic mass is 10.1. The van der Waals surface area contributed by atoms with E-state index in [0.717, 1.165) is 24.4 Å². The van der Waals surface area contributed by atoms with Gasteiger partial charge in [0.25, 0.3) is 0 Å². The number of fused-ring (bicyclic) bond motifs is 1. The van der Waals surface area contributed by atoms with Gasteiger partial charge in [-0.05, 0) is 56.2 Å². The predicted octanol–water partition coefficient (Wildman–Crippen LogP) is 4.60. The van der Waals surface area contributed by atoms with Crippen LogP contribution in [-0.2, 0) is 6.42 Å². The third kappa shape index (κ3) is 3.73. The van der Waals surface area contributed by atoms with Gasteiger partial charge in [0, 0.05) is 22.4 Å². The van der Waals surface area contributed by atoms with E-state index in [1.165, 1.54) is 10.5 Å². The molecule has 0 fully saturated rings. The van der Waals surface area contributed by atoms with Crippen LogP contribution >= 0.6 is 11.8 Å². The number of rotatable bonds is 5. The van der Waals surface area contributed by atoms with E-state index in [0.29, 0.717) is 5.25 Å². The summed E-state index contributed by atoms with van der Waals surface area (Å²) in [6.45, 7) is 5.08. The molecular weight excluding hydrogens is 278 g/mol. The highest BCUT2D eigenvalue weighted by Crippen LogP contribution is 2.36. The topological polar surface area (TPSA) is 21.3 Å². The first-order chi connectivity index (χ1) is 10.2. The molecule has 0 bridgehead atoms. The molecule has 110 valence electrons. The molecule has 1 aliphatic heterocycles. The summed E-state index contributed by atoms with van der Waals surface area (Å²) < 4.78 is 5.66. The Morgan fingerprint density at radius 3 is 2.62 bits per heavy atom. The summed E-state index contributed by atoms with van der Waals surface area (Å²) in [6, 6.07) is 16.9. The maximum atomic E-state index is 5.66. The molecule has 1 atom stereocenters. The summed E-state index contributed by atoms with van der Waals surface area (Å²) >= 11 is 1.98. The predicted molar refractivity (Wildman–Crippen MR) is 90.5 cm³/mol. The van der Waals surface area contributed by atoms with Gasteiger partial charge in [0.1, 0.15) is 5.75 Å². The molecule has 1 N–H and O–H groups in total. The number of anilines is 1. The Morgan fingerprint density at radius 2 is 1.90 bits per heavy atom. The van der Waals surface area contributed by atoms with Crippen molar-refractivity contribution >= 4 is 17.4 Å². The fraction of sp³-hybridized carbons (Fsp3) is 0.333. The molecule has 2 aromatic carbocycles. The molecule has 1 heterocycles. The average Bonchev–Trinajstić information content (AvgIpc) is 2.89. The standard InChI is InChI=1S/C18H21NOS/c1-13(2)20-16-9-7-15(8-10-16)19-12-17-11-14-5-3-4-6-18(14)21-17/h3-10,13,17,19H,11-12H2,1-2H3. The van der Waals surface area contributed by atoms with Crippen molar-refractivity contribution in [2.45, 2.75) is 36.5 Å². The molecule has 0 saturated heterocycles. The normalized spacial score (nSPS) is 16.8. The number of ether oxygens (including phenoxy) is 1. The Morgan fingerprint density at radius 1 is 1.14 bits per heavy atom. The van der Waals surface area contributed by atoms with Crippen molar-refractivity contribution in [2.24, 2.45) is 0 Å². The molecule has 2 aromatic rings. The molecule has 1 unspecified atom stereocenters. The average molecular weight is 299 g/mol. The first-order valence-corrected chi connectivity index (χ1v) is 8.34. The van der Waals surface area contributed by atoms with Crippen LogP contribution in [0, 0.1) is 0 Å². The second-order valence-electron chi connectivity index (χ2n) is 5.62.